The van der Waals surface area contributed by atoms with Gasteiger partial charge in [-0.15, -0.1) is 10.2 Å². The molecule has 0 saturated carbocycles. The lowest BCUT2D eigenvalue weighted by atomic mass is 10.0. The second kappa shape index (κ2) is 10.6. The van der Waals surface area contributed by atoms with Crippen molar-refractivity contribution in [1.82, 2.24) is 10.2 Å². The third-order valence-electron chi connectivity index (χ3n) is 5.01. The average molecular weight is 476 g/mol. The van der Waals surface area contributed by atoms with Crippen molar-refractivity contribution >= 4 is 39.7 Å². The third-order valence-corrected chi connectivity index (χ3v) is 7.19. The Kier molecular flexibility index (Phi) is 7.42. The molecule has 0 saturated heterocycles. The molecule has 7 heteroatoms. The summed E-state index contributed by atoms with van der Waals surface area (Å²) in [6, 6.07) is 23.5. The zero-order chi connectivity index (χ0) is 23.2. The van der Waals surface area contributed by atoms with Crippen LogP contribution in [0.15, 0.2) is 77.1 Å². The number of rotatable bonds is 9. The lowest BCUT2D eigenvalue weighted by Crippen LogP contribution is -2.10. The fraction of sp³-hybridized carbons (Fsp3) is 0.192. The van der Waals surface area contributed by atoms with Crippen molar-refractivity contribution in [2.24, 2.45) is 0 Å². The van der Waals surface area contributed by atoms with E-state index in [2.05, 4.69) is 15.5 Å². The van der Waals surface area contributed by atoms with Crippen LogP contribution in [0, 0.1) is 13.8 Å². The molecule has 1 heterocycles. The number of nitrogens with zero attached hydrogens (tertiary/aromatic N) is 2. The van der Waals surface area contributed by atoms with Gasteiger partial charge in [0.2, 0.25) is 5.13 Å². The molecule has 3 aromatic carbocycles. The van der Waals surface area contributed by atoms with Crippen molar-refractivity contribution in [3.05, 3.63) is 95.1 Å². The van der Waals surface area contributed by atoms with Gasteiger partial charge in [-0.25, -0.2) is 0 Å². The monoisotopic (exact) mass is 475 g/mol. The summed E-state index contributed by atoms with van der Waals surface area (Å²) in [6.07, 6.45) is 0. The lowest BCUT2D eigenvalue weighted by molar-refractivity contribution is 0.0989. The SMILES string of the molecule is CCOc1ccccc1Nc1nnc(S[C@@H](C(=O)c2ccc(C)cc2)c2ccc(C)cc2)s1. The number of benzene rings is 3. The van der Waals surface area contributed by atoms with Crippen LogP contribution >= 0.6 is 23.1 Å². The van der Waals surface area contributed by atoms with Crippen molar-refractivity contribution in [2.45, 2.75) is 30.4 Å². The molecule has 0 radical (unpaired) electrons. The number of para-hydroxylation sites is 2. The molecule has 0 aliphatic heterocycles. The predicted octanol–water partition coefficient (Wildman–Crippen LogP) is 7.01. The van der Waals surface area contributed by atoms with E-state index >= 15 is 0 Å². The summed E-state index contributed by atoms with van der Waals surface area (Å²) in [5.41, 5.74) is 4.74. The van der Waals surface area contributed by atoms with Crippen LogP contribution < -0.4 is 10.1 Å². The minimum atomic E-state index is -0.412. The summed E-state index contributed by atoms with van der Waals surface area (Å²) in [4.78, 5) is 13.5. The second-order valence-corrected chi connectivity index (χ2v) is 9.90. The van der Waals surface area contributed by atoms with Gasteiger partial charge in [0, 0.05) is 5.56 Å². The maximum atomic E-state index is 13.5. The summed E-state index contributed by atoms with van der Waals surface area (Å²) in [5, 5.41) is 12.1. The molecule has 4 aromatic rings. The van der Waals surface area contributed by atoms with Crippen LogP contribution in [0.5, 0.6) is 5.75 Å². The molecule has 0 amide bonds. The Hall–Kier alpha value is -3.16. The van der Waals surface area contributed by atoms with Crippen LogP contribution in [0.2, 0.25) is 0 Å². The van der Waals surface area contributed by atoms with Crippen molar-refractivity contribution in [3.8, 4) is 5.75 Å². The number of carbonyl (C=O) groups excluding carboxylic acids is 1. The van der Waals surface area contributed by atoms with Crippen LogP contribution in [0.1, 0.15) is 39.2 Å². The highest BCUT2D eigenvalue weighted by Gasteiger charge is 2.25. The number of thioether (sulfide) groups is 1. The van der Waals surface area contributed by atoms with Gasteiger partial charge >= 0.3 is 0 Å². The van der Waals surface area contributed by atoms with Gasteiger partial charge in [-0.3, -0.25) is 4.79 Å². The van der Waals surface area contributed by atoms with E-state index in [-0.39, 0.29) is 5.78 Å². The van der Waals surface area contributed by atoms with E-state index in [0.717, 1.165) is 32.5 Å². The van der Waals surface area contributed by atoms with Crippen LogP contribution in [0.3, 0.4) is 0 Å². The number of nitrogens with one attached hydrogen (secondary N) is 1. The van der Waals surface area contributed by atoms with Gasteiger partial charge < -0.3 is 10.1 Å². The molecule has 0 aliphatic carbocycles. The Labute approximate surface area is 202 Å². The fourth-order valence-corrected chi connectivity index (χ4v) is 5.29. The van der Waals surface area contributed by atoms with Gasteiger partial charge in [-0.05, 0) is 38.5 Å². The number of anilines is 2. The molecule has 33 heavy (non-hydrogen) atoms. The highest BCUT2D eigenvalue weighted by molar-refractivity contribution is 8.02. The van der Waals surface area contributed by atoms with Crippen molar-refractivity contribution in [2.75, 3.05) is 11.9 Å². The molecule has 4 rings (SSSR count). The average Bonchev–Trinajstić information content (AvgIpc) is 3.27. The summed E-state index contributed by atoms with van der Waals surface area (Å²) in [5.74, 6) is 0.812. The Morgan fingerprint density at radius 3 is 2.33 bits per heavy atom. The number of hydrogen-bond acceptors (Lipinski definition) is 7. The van der Waals surface area contributed by atoms with Gasteiger partial charge in [-0.1, -0.05) is 94.9 Å². The minimum absolute atomic E-state index is 0.0512. The zero-order valence-electron chi connectivity index (χ0n) is 18.7. The number of ketones is 1. The Balaban J connectivity index is 1.58. The zero-order valence-corrected chi connectivity index (χ0v) is 20.4. The lowest BCUT2D eigenvalue weighted by Gasteiger charge is -2.15. The molecule has 1 N–H and O–H groups in total. The molecule has 0 bridgehead atoms. The first kappa shape index (κ1) is 23.0. The Bertz CT molecular complexity index is 1220. The molecule has 0 aliphatic rings. The van der Waals surface area contributed by atoms with E-state index in [0.29, 0.717) is 17.3 Å². The molecule has 0 spiro atoms. The molecule has 0 fully saturated rings. The number of Topliss-reactive ketones (excluding diaryl/α,β-unsaturated/α-hetero) is 1. The van der Waals surface area contributed by atoms with Crippen LogP contribution in [0.25, 0.3) is 0 Å². The number of hydrogen-bond donors (Lipinski definition) is 1. The molecule has 5 nitrogen and oxygen atoms in total. The first-order chi connectivity index (χ1) is 16.0. The predicted molar refractivity (Wildman–Crippen MR) is 136 cm³/mol. The van der Waals surface area contributed by atoms with Crippen molar-refractivity contribution in [3.63, 3.8) is 0 Å². The van der Waals surface area contributed by atoms with E-state index in [1.165, 1.54) is 23.1 Å². The van der Waals surface area contributed by atoms with E-state index in [1.807, 2.05) is 93.6 Å². The molecule has 168 valence electrons. The largest absolute Gasteiger partial charge is 0.492 e. The van der Waals surface area contributed by atoms with Gasteiger partial charge in [0.05, 0.1) is 17.5 Å². The van der Waals surface area contributed by atoms with Crippen LogP contribution in [-0.2, 0) is 0 Å². The standard InChI is InChI=1S/C26H25N3O2S2/c1-4-31-22-8-6-5-7-21(22)27-25-28-29-26(33-25)32-24(20-15-11-18(3)12-16-20)23(30)19-13-9-17(2)10-14-19/h5-16,24H,4H2,1-3H3,(H,27,28)/t24-/m1/s1. The molecular formula is C26H25N3O2S2. The van der Waals surface area contributed by atoms with Crippen LogP contribution in [0.4, 0.5) is 10.8 Å². The normalized spacial score (nSPS) is 11.7. The van der Waals surface area contributed by atoms with Gasteiger partial charge in [0.1, 0.15) is 5.75 Å². The third kappa shape index (κ3) is 5.80. The first-order valence-corrected chi connectivity index (χ1v) is 12.4. The minimum Gasteiger partial charge on any atom is -0.492 e. The van der Waals surface area contributed by atoms with Crippen LogP contribution in [-0.4, -0.2) is 22.6 Å². The first-order valence-electron chi connectivity index (χ1n) is 10.7. The van der Waals surface area contributed by atoms with E-state index < -0.39 is 5.25 Å². The highest BCUT2D eigenvalue weighted by Crippen LogP contribution is 2.41. The van der Waals surface area contributed by atoms with Crippen molar-refractivity contribution in [1.29, 1.82) is 0 Å². The fourth-order valence-electron chi connectivity index (χ4n) is 3.26. The molecule has 1 aromatic heterocycles. The van der Waals surface area contributed by atoms with Gasteiger partial charge in [0.25, 0.3) is 0 Å². The van der Waals surface area contributed by atoms with E-state index in [9.17, 15) is 4.79 Å². The van der Waals surface area contributed by atoms with Crippen molar-refractivity contribution < 1.29 is 9.53 Å². The summed E-state index contributed by atoms with van der Waals surface area (Å²) < 4.78 is 6.40. The summed E-state index contributed by atoms with van der Waals surface area (Å²) >= 11 is 2.84. The Morgan fingerprint density at radius 1 is 0.970 bits per heavy atom. The molecular weight excluding hydrogens is 450 g/mol. The smallest absolute Gasteiger partial charge is 0.210 e. The van der Waals surface area contributed by atoms with E-state index in [4.69, 9.17) is 4.74 Å². The maximum Gasteiger partial charge on any atom is 0.210 e. The molecule has 0 unspecified atom stereocenters. The summed E-state index contributed by atoms with van der Waals surface area (Å²) in [7, 11) is 0. The summed E-state index contributed by atoms with van der Waals surface area (Å²) in [6.45, 7) is 6.58. The number of aryl methyl sites for hydroxylation is 2. The van der Waals surface area contributed by atoms with Gasteiger partial charge in [0.15, 0.2) is 10.1 Å². The Morgan fingerprint density at radius 2 is 1.64 bits per heavy atom. The number of carbonyl (C=O) groups is 1. The number of ether oxygens (including phenoxy) is 1. The number of aromatic nitrogens is 2. The van der Waals surface area contributed by atoms with Gasteiger partial charge in [-0.2, -0.15) is 0 Å². The second-order valence-electron chi connectivity index (χ2n) is 7.57. The van der Waals surface area contributed by atoms with E-state index in [1.54, 1.807) is 0 Å². The highest BCUT2D eigenvalue weighted by atomic mass is 32.2. The maximum absolute atomic E-state index is 13.5. The molecule has 1 atom stereocenters. The quantitative estimate of drug-likeness (QED) is 0.207. The topological polar surface area (TPSA) is 64.1 Å².